The van der Waals surface area contributed by atoms with E-state index in [1.165, 1.54) is 28.2 Å². The molecule has 2 N–H and O–H groups in total. The fraction of sp³-hybridized carbons (Fsp3) is 0.353. The second kappa shape index (κ2) is 7.47. The number of carbonyl (C=O) groups is 1. The molecule has 25 heavy (non-hydrogen) atoms. The largest absolute Gasteiger partial charge is 0.465 e. The van der Waals surface area contributed by atoms with Gasteiger partial charge < -0.3 is 14.6 Å². The van der Waals surface area contributed by atoms with Gasteiger partial charge in [0.2, 0.25) is 0 Å². The van der Waals surface area contributed by atoms with Crippen molar-refractivity contribution in [2.45, 2.75) is 26.9 Å². The molecule has 3 heterocycles. The maximum Gasteiger partial charge on any atom is 0.348 e. The standard InChI is InChI=1S/C17H19N3O3S2/c1-4-20(8-11-6-5-7-24-11)9-12-18-15(21)13-10(2)14(17(22)23-3)25-16(13)19-12/h5-7H,4,8-9H2,1-3H3,(H,18,19,21)/p+1. The highest BCUT2D eigenvalue weighted by atomic mass is 32.1. The summed E-state index contributed by atoms with van der Waals surface area (Å²) in [5.74, 6) is 0.212. The predicted molar refractivity (Wildman–Crippen MR) is 99.5 cm³/mol. The Kier molecular flexibility index (Phi) is 5.31. The zero-order valence-electron chi connectivity index (χ0n) is 14.3. The van der Waals surface area contributed by atoms with Gasteiger partial charge in [-0.25, -0.2) is 9.78 Å². The lowest BCUT2D eigenvalue weighted by Crippen LogP contribution is -3.09. The van der Waals surface area contributed by atoms with Gasteiger partial charge in [0.1, 0.15) is 22.8 Å². The van der Waals surface area contributed by atoms with Crippen LogP contribution in [0, 0.1) is 6.92 Å². The summed E-state index contributed by atoms with van der Waals surface area (Å²) in [6.45, 7) is 6.32. The van der Waals surface area contributed by atoms with Gasteiger partial charge in [-0.3, -0.25) is 4.79 Å². The third kappa shape index (κ3) is 3.65. The fourth-order valence-corrected chi connectivity index (χ4v) is 4.66. The lowest BCUT2D eigenvalue weighted by atomic mass is 10.2. The third-order valence-electron chi connectivity index (χ3n) is 4.14. The molecule has 0 aliphatic heterocycles. The monoisotopic (exact) mass is 378 g/mol. The van der Waals surface area contributed by atoms with E-state index >= 15 is 0 Å². The molecule has 0 radical (unpaired) electrons. The molecule has 1 atom stereocenters. The molecular formula is C17H20N3O3S2+. The minimum absolute atomic E-state index is 0.199. The van der Waals surface area contributed by atoms with Crippen LogP contribution in [-0.2, 0) is 17.8 Å². The number of aromatic amines is 1. The van der Waals surface area contributed by atoms with Gasteiger partial charge in [0.05, 0.1) is 23.9 Å². The Balaban J connectivity index is 1.92. The number of ether oxygens (including phenoxy) is 1. The molecule has 1 unspecified atom stereocenters. The van der Waals surface area contributed by atoms with Crippen LogP contribution >= 0.6 is 22.7 Å². The van der Waals surface area contributed by atoms with Gasteiger partial charge >= 0.3 is 5.97 Å². The summed E-state index contributed by atoms with van der Waals surface area (Å²) in [5, 5.41) is 2.54. The number of H-pyrrole nitrogens is 1. The Morgan fingerprint density at radius 2 is 2.20 bits per heavy atom. The van der Waals surface area contributed by atoms with Gasteiger partial charge in [0, 0.05) is 0 Å². The van der Waals surface area contributed by atoms with E-state index in [9.17, 15) is 9.59 Å². The van der Waals surface area contributed by atoms with E-state index in [4.69, 9.17) is 4.74 Å². The molecule has 0 saturated carbocycles. The van der Waals surface area contributed by atoms with Gasteiger partial charge in [-0.2, -0.15) is 0 Å². The second-order valence-corrected chi connectivity index (χ2v) is 7.81. The van der Waals surface area contributed by atoms with E-state index in [-0.39, 0.29) is 5.56 Å². The van der Waals surface area contributed by atoms with Crippen molar-refractivity contribution in [2.75, 3.05) is 13.7 Å². The van der Waals surface area contributed by atoms with Crippen LogP contribution in [0.4, 0.5) is 0 Å². The van der Waals surface area contributed by atoms with E-state index in [0.29, 0.717) is 33.0 Å². The van der Waals surface area contributed by atoms with Crippen LogP contribution in [0.15, 0.2) is 22.3 Å². The van der Waals surface area contributed by atoms with Gasteiger partial charge in [0.15, 0.2) is 5.82 Å². The summed E-state index contributed by atoms with van der Waals surface area (Å²) in [7, 11) is 1.34. The van der Waals surface area contributed by atoms with Crippen LogP contribution < -0.4 is 10.5 Å². The maximum atomic E-state index is 12.5. The lowest BCUT2D eigenvalue weighted by Gasteiger charge is -2.16. The van der Waals surface area contributed by atoms with Gasteiger partial charge in [-0.05, 0) is 30.9 Å². The molecule has 0 bridgehead atoms. The highest BCUT2D eigenvalue weighted by Crippen LogP contribution is 2.27. The molecule has 132 valence electrons. The number of thiophene rings is 2. The summed E-state index contributed by atoms with van der Waals surface area (Å²) in [5.41, 5.74) is 0.431. The average molecular weight is 378 g/mol. The number of esters is 1. The van der Waals surface area contributed by atoms with Crippen molar-refractivity contribution in [3.05, 3.63) is 49.0 Å². The number of carbonyl (C=O) groups excluding carboxylic acids is 1. The highest BCUT2D eigenvalue weighted by Gasteiger charge is 2.20. The molecule has 0 aromatic carbocycles. The molecule has 3 rings (SSSR count). The minimum Gasteiger partial charge on any atom is -0.465 e. The van der Waals surface area contributed by atoms with Crippen molar-refractivity contribution < 1.29 is 14.4 Å². The first-order valence-corrected chi connectivity index (χ1v) is 9.69. The van der Waals surface area contributed by atoms with Crippen molar-refractivity contribution in [3.63, 3.8) is 0 Å². The molecule has 0 aliphatic carbocycles. The Labute approximate surface area is 153 Å². The number of nitrogens with one attached hydrogen (secondary N) is 2. The topological polar surface area (TPSA) is 76.5 Å². The first-order valence-electron chi connectivity index (χ1n) is 8.00. The molecule has 0 amide bonds. The summed E-state index contributed by atoms with van der Waals surface area (Å²) >= 11 is 2.94. The number of hydrogen-bond donors (Lipinski definition) is 2. The number of quaternary nitrogens is 1. The van der Waals surface area contributed by atoms with Crippen LogP contribution in [0.1, 0.15) is 32.9 Å². The number of nitrogens with zero attached hydrogens (tertiary/aromatic N) is 1. The predicted octanol–water partition coefficient (Wildman–Crippen LogP) is 1.75. The number of fused-ring (bicyclic) bond motifs is 1. The molecule has 0 saturated heterocycles. The number of aromatic nitrogens is 2. The summed E-state index contributed by atoms with van der Waals surface area (Å²) in [4.78, 5) is 35.4. The van der Waals surface area contributed by atoms with E-state index in [2.05, 4.69) is 28.3 Å². The number of methoxy groups -OCH3 is 1. The Morgan fingerprint density at radius 1 is 1.40 bits per heavy atom. The molecular weight excluding hydrogens is 358 g/mol. The zero-order valence-corrected chi connectivity index (χ0v) is 16.0. The maximum absolute atomic E-state index is 12.5. The summed E-state index contributed by atoms with van der Waals surface area (Å²) < 4.78 is 4.79. The fourth-order valence-electron chi connectivity index (χ4n) is 2.77. The van der Waals surface area contributed by atoms with Crippen molar-refractivity contribution in [3.8, 4) is 0 Å². The SMILES string of the molecule is CC[NH+](Cc1nc2sc(C(=O)OC)c(C)c2c(=O)[nH]1)Cc1cccs1. The molecule has 6 nitrogen and oxygen atoms in total. The molecule has 3 aromatic rings. The zero-order chi connectivity index (χ0) is 18.0. The minimum atomic E-state index is -0.431. The van der Waals surface area contributed by atoms with Crippen molar-refractivity contribution in [1.82, 2.24) is 9.97 Å². The number of aryl methyl sites for hydroxylation is 1. The molecule has 0 fully saturated rings. The van der Waals surface area contributed by atoms with E-state index in [1.807, 2.05) is 6.07 Å². The molecule has 3 aromatic heterocycles. The van der Waals surface area contributed by atoms with Crippen LogP contribution in [0.5, 0.6) is 0 Å². The van der Waals surface area contributed by atoms with E-state index < -0.39 is 5.97 Å². The molecule has 0 spiro atoms. The quantitative estimate of drug-likeness (QED) is 0.641. The lowest BCUT2D eigenvalue weighted by molar-refractivity contribution is -0.926. The van der Waals surface area contributed by atoms with E-state index in [0.717, 1.165) is 13.1 Å². The third-order valence-corrected chi connectivity index (χ3v) is 6.18. The van der Waals surface area contributed by atoms with Crippen LogP contribution in [0.2, 0.25) is 0 Å². The van der Waals surface area contributed by atoms with Crippen molar-refractivity contribution in [1.29, 1.82) is 0 Å². The first kappa shape index (κ1) is 17.8. The number of hydrogen-bond acceptors (Lipinski definition) is 6. The van der Waals surface area contributed by atoms with Crippen molar-refractivity contribution >= 4 is 38.9 Å². The summed E-state index contributed by atoms with van der Waals surface area (Å²) in [6, 6.07) is 4.16. The molecule has 0 aliphatic rings. The van der Waals surface area contributed by atoms with Gasteiger partial charge in [-0.15, -0.1) is 22.7 Å². The van der Waals surface area contributed by atoms with Crippen LogP contribution in [0.3, 0.4) is 0 Å². The van der Waals surface area contributed by atoms with Crippen LogP contribution in [0.25, 0.3) is 10.2 Å². The normalized spacial score (nSPS) is 12.4. The van der Waals surface area contributed by atoms with Crippen LogP contribution in [-0.4, -0.2) is 29.6 Å². The first-order chi connectivity index (χ1) is 12.0. The number of rotatable bonds is 6. The highest BCUT2D eigenvalue weighted by molar-refractivity contribution is 7.20. The second-order valence-electron chi connectivity index (χ2n) is 5.78. The smallest absolute Gasteiger partial charge is 0.348 e. The van der Waals surface area contributed by atoms with Gasteiger partial charge in [0.25, 0.3) is 5.56 Å². The Morgan fingerprint density at radius 3 is 2.84 bits per heavy atom. The van der Waals surface area contributed by atoms with Crippen molar-refractivity contribution in [2.24, 2.45) is 0 Å². The van der Waals surface area contributed by atoms with Gasteiger partial charge in [-0.1, -0.05) is 6.07 Å². The molecule has 8 heteroatoms. The summed E-state index contributed by atoms with van der Waals surface area (Å²) in [6.07, 6.45) is 0. The Hall–Kier alpha value is -2.03. The Bertz CT molecular complexity index is 944. The van der Waals surface area contributed by atoms with E-state index in [1.54, 1.807) is 18.3 Å². The average Bonchev–Trinajstić information content (AvgIpc) is 3.21.